The number of hydrogen-bond acceptors (Lipinski definition) is 3. The number of nitrogens with one attached hydrogen (secondary N) is 1. The molecule has 0 aromatic carbocycles. The molecule has 1 aromatic rings. The van der Waals surface area contributed by atoms with Crippen molar-refractivity contribution < 1.29 is 0 Å². The van der Waals surface area contributed by atoms with Gasteiger partial charge in [-0.3, -0.25) is 0 Å². The third-order valence-electron chi connectivity index (χ3n) is 3.70. The van der Waals surface area contributed by atoms with Gasteiger partial charge in [-0.15, -0.1) is 0 Å². The number of halogens is 1. The Labute approximate surface area is 114 Å². The molecule has 2 heterocycles. The van der Waals surface area contributed by atoms with E-state index in [9.17, 15) is 0 Å². The standard InChI is InChI=1S/C13H23ClN4/c1-3-6-18-7-4-11(5-8-18)15-10-13-16-9-12(14)17(13)2/h9,11,15H,3-8,10H2,1-2H3. The molecule has 1 aliphatic rings. The lowest BCUT2D eigenvalue weighted by molar-refractivity contribution is 0.197. The van der Waals surface area contributed by atoms with E-state index >= 15 is 0 Å². The van der Waals surface area contributed by atoms with Gasteiger partial charge in [0, 0.05) is 13.1 Å². The normalized spacial score (nSPS) is 18.4. The highest BCUT2D eigenvalue weighted by molar-refractivity contribution is 6.29. The van der Waals surface area contributed by atoms with Crippen LogP contribution in [-0.2, 0) is 13.6 Å². The molecule has 1 aromatic heterocycles. The molecular weight excluding hydrogens is 248 g/mol. The zero-order valence-corrected chi connectivity index (χ0v) is 12.1. The van der Waals surface area contributed by atoms with E-state index in [-0.39, 0.29) is 0 Å². The Morgan fingerprint density at radius 1 is 1.44 bits per heavy atom. The van der Waals surface area contributed by atoms with Gasteiger partial charge in [0.15, 0.2) is 0 Å². The highest BCUT2D eigenvalue weighted by Crippen LogP contribution is 2.12. The van der Waals surface area contributed by atoms with Gasteiger partial charge in [0.1, 0.15) is 11.0 Å². The second kappa shape index (κ2) is 6.55. The van der Waals surface area contributed by atoms with Crippen molar-refractivity contribution >= 4 is 11.6 Å². The van der Waals surface area contributed by atoms with Crippen LogP contribution >= 0.6 is 11.6 Å². The fraction of sp³-hybridized carbons (Fsp3) is 0.769. The maximum Gasteiger partial charge on any atom is 0.128 e. The predicted octanol–water partition coefficient (Wildman–Crippen LogP) is 2.04. The molecule has 1 N–H and O–H groups in total. The molecule has 0 spiro atoms. The number of likely N-dealkylation sites (tertiary alicyclic amines) is 1. The van der Waals surface area contributed by atoms with E-state index in [1.807, 2.05) is 11.6 Å². The van der Waals surface area contributed by atoms with Crippen molar-refractivity contribution in [3.63, 3.8) is 0 Å². The summed E-state index contributed by atoms with van der Waals surface area (Å²) in [5.41, 5.74) is 0. The molecule has 0 radical (unpaired) electrons. The quantitative estimate of drug-likeness (QED) is 0.889. The highest BCUT2D eigenvalue weighted by atomic mass is 35.5. The molecule has 0 atom stereocenters. The van der Waals surface area contributed by atoms with E-state index in [1.54, 1.807) is 6.20 Å². The molecular formula is C13H23ClN4. The van der Waals surface area contributed by atoms with Crippen LogP contribution in [0.3, 0.4) is 0 Å². The van der Waals surface area contributed by atoms with Crippen LogP contribution < -0.4 is 5.32 Å². The van der Waals surface area contributed by atoms with Gasteiger partial charge in [0.25, 0.3) is 0 Å². The molecule has 18 heavy (non-hydrogen) atoms. The summed E-state index contributed by atoms with van der Waals surface area (Å²) in [6.07, 6.45) is 5.43. The molecule has 4 nitrogen and oxygen atoms in total. The summed E-state index contributed by atoms with van der Waals surface area (Å²) in [7, 11) is 1.95. The van der Waals surface area contributed by atoms with Crippen molar-refractivity contribution in [1.29, 1.82) is 0 Å². The molecule has 0 aliphatic carbocycles. The molecule has 0 saturated carbocycles. The molecule has 0 unspecified atom stereocenters. The smallest absolute Gasteiger partial charge is 0.128 e. The molecule has 1 fully saturated rings. The van der Waals surface area contributed by atoms with E-state index in [1.165, 1.54) is 38.9 Å². The van der Waals surface area contributed by atoms with E-state index in [0.29, 0.717) is 11.2 Å². The lowest BCUT2D eigenvalue weighted by Crippen LogP contribution is -2.42. The number of aromatic nitrogens is 2. The Bertz CT molecular complexity index is 369. The van der Waals surface area contributed by atoms with E-state index < -0.39 is 0 Å². The van der Waals surface area contributed by atoms with Crippen LogP contribution in [0.15, 0.2) is 6.20 Å². The van der Waals surface area contributed by atoms with Crippen LogP contribution in [0.2, 0.25) is 5.15 Å². The molecule has 1 aliphatic heterocycles. The van der Waals surface area contributed by atoms with Crippen LogP contribution in [0.1, 0.15) is 32.0 Å². The summed E-state index contributed by atoms with van der Waals surface area (Å²) in [6.45, 7) is 6.72. The Morgan fingerprint density at radius 2 is 2.17 bits per heavy atom. The Hall–Kier alpha value is -0.580. The average Bonchev–Trinajstić information content (AvgIpc) is 2.70. The summed E-state index contributed by atoms with van der Waals surface area (Å²) < 4.78 is 1.93. The minimum atomic E-state index is 0.619. The SMILES string of the molecule is CCCN1CCC(NCc2ncc(Cl)n2C)CC1. The predicted molar refractivity (Wildman–Crippen MR) is 74.8 cm³/mol. The zero-order chi connectivity index (χ0) is 13.0. The zero-order valence-electron chi connectivity index (χ0n) is 11.3. The van der Waals surface area contributed by atoms with Gasteiger partial charge in [-0.25, -0.2) is 4.98 Å². The van der Waals surface area contributed by atoms with Gasteiger partial charge in [0.05, 0.1) is 12.7 Å². The lowest BCUT2D eigenvalue weighted by atomic mass is 10.0. The lowest BCUT2D eigenvalue weighted by Gasteiger charge is -2.32. The van der Waals surface area contributed by atoms with Crippen LogP contribution in [0, 0.1) is 0 Å². The monoisotopic (exact) mass is 270 g/mol. The second-order valence-electron chi connectivity index (χ2n) is 5.05. The third-order valence-corrected chi connectivity index (χ3v) is 4.06. The highest BCUT2D eigenvalue weighted by Gasteiger charge is 2.18. The Kier molecular flexibility index (Phi) is 5.03. The fourth-order valence-electron chi connectivity index (χ4n) is 2.50. The van der Waals surface area contributed by atoms with Crippen molar-refractivity contribution in [3.05, 3.63) is 17.2 Å². The fourth-order valence-corrected chi connectivity index (χ4v) is 2.65. The first-order valence-corrected chi connectivity index (χ1v) is 7.20. The van der Waals surface area contributed by atoms with Crippen LogP contribution in [0.25, 0.3) is 0 Å². The molecule has 5 heteroatoms. The molecule has 0 amide bonds. The maximum absolute atomic E-state index is 5.97. The van der Waals surface area contributed by atoms with Gasteiger partial charge < -0.3 is 14.8 Å². The average molecular weight is 271 g/mol. The number of piperidine rings is 1. The molecule has 1 saturated heterocycles. The number of hydrogen-bond donors (Lipinski definition) is 1. The Morgan fingerprint density at radius 3 is 2.72 bits per heavy atom. The first kappa shape index (κ1) is 13.8. The number of imidazole rings is 1. The third kappa shape index (κ3) is 3.46. The Balaban J connectivity index is 1.74. The van der Waals surface area contributed by atoms with Gasteiger partial charge >= 0.3 is 0 Å². The minimum absolute atomic E-state index is 0.619. The summed E-state index contributed by atoms with van der Waals surface area (Å²) in [4.78, 5) is 6.85. The topological polar surface area (TPSA) is 33.1 Å². The molecule has 2 rings (SSSR count). The van der Waals surface area contributed by atoms with Gasteiger partial charge in [-0.05, 0) is 38.9 Å². The van der Waals surface area contributed by atoms with Gasteiger partial charge in [-0.2, -0.15) is 0 Å². The number of rotatable bonds is 5. The van der Waals surface area contributed by atoms with Crippen molar-refractivity contribution in [2.75, 3.05) is 19.6 Å². The van der Waals surface area contributed by atoms with E-state index in [4.69, 9.17) is 11.6 Å². The van der Waals surface area contributed by atoms with Crippen LogP contribution in [0.4, 0.5) is 0 Å². The maximum atomic E-state index is 5.97. The van der Waals surface area contributed by atoms with E-state index in [2.05, 4.69) is 22.1 Å². The number of nitrogens with zero attached hydrogens (tertiary/aromatic N) is 3. The van der Waals surface area contributed by atoms with E-state index in [0.717, 1.165) is 12.4 Å². The van der Waals surface area contributed by atoms with Crippen LogP contribution in [0.5, 0.6) is 0 Å². The second-order valence-corrected chi connectivity index (χ2v) is 5.44. The molecule has 102 valence electrons. The summed E-state index contributed by atoms with van der Waals surface area (Å²) in [6, 6.07) is 0.619. The first-order valence-electron chi connectivity index (χ1n) is 6.82. The van der Waals surface area contributed by atoms with Crippen molar-refractivity contribution in [2.45, 2.75) is 38.8 Å². The summed E-state index contributed by atoms with van der Waals surface area (Å²) in [5, 5.41) is 4.28. The van der Waals surface area contributed by atoms with Crippen molar-refractivity contribution in [2.24, 2.45) is 7.05 Å². The van der Waals surface area contributed by atoms with Crippen LogP contribution in [-0.4, -0.2) is 40.1 Å². The minimum Gasteiger partial charge on any atom is -0.321 e. The van der Waals surface area contributed by atoms with Gasteiger partial charge in [0.2, 0.25) is 0 Å². The summed E-state index contributed by atoms with van der Waals surface area (Å²) in [5.74, 6) is 1.01. The van der Waals surface area contributed by atoms with Gasteiger partial charge in [-0.1, -0.05) is 18.5 Å². The largest absolute Gasteiger partial charge is 0.321 e. The van der Waals surface area contributed by atoms with Crippen molar-refractivity contribution in [3.8, 4) is 0 Å². The molecule has 0 bridgehead atoms. The first-order chi connectivity index (χ1) is 8.70. The van der Waals surface area contributed by atoms with Crippen molar-refractivity contribution in [1.82, 2.24) is 19.8 Å². The summed E-state index contributed by atoms with van der Waals surface area (Å²) >= 11 is 5.97.